The number of pyridine rings is 1. The molecule has 0 atom stereocenters. The van der Waals surface area contributed by atoms with Gasteiger partial charge in [-0.25, -0.2) is 4.98 Å². The fourth-order valence-corrected chi connectivity index (χ4v) is 2.67. The van der Waals surface area contributed by atoms with Gasteiger partial charge in [0.05, 0.1) is 17.8 Å². The lowest BCUT2D eigenvalue weighted by Gasteiger charge is -2.04. The van der Waals surface area contributed by atoms with Crippen molar-refractivity contribution < 1.29 is 0 Å². The minimum Gasteiger partial charge on any atom is -0.325 e. The zero-order chi connectivity index (χ0) is 12.3. The highest BCUT2D eigenvalue weighted by Gasteiger charge is 2.06. The van der Waals surface area contributed by atoms with Crippen molar-refractivity contribution in [1.29, 1.82) is 0 Å². The van der Waals surface area contributed by atoms with Crippen LogP contribution in [-0.4, -0.2) is 14.5 Å². The number of aryl methyl sites for hydroxylation is 1. The molecular formula is C12H14ClN3S. The number of hydrogen-bond donors (Lipinski definition) is 0. The first-order valence-electron chi connectivity index (χ1n) is 5.30. The zero-order valence-electron chi connectivity index (χ0n) is 9.85. The van der Waals surface area contributed by atoms with E-state index in [9.17, 15) is 0 Å². The monoisotopic (exact) mass is 267 g/mol. The molecule has 2 aromatic rings. The van der Waals surface area contributed by atoms with Crippen LogP contribution in [-0.2, 0) is 18.7 Å². The number of hydrogen-bond acceptors (Lipinski definition) is 3. The van der Waals surface area contributed by atoms with Crippen LogP contribution in [0.1, 0.15) is 16.8 Å². The standard InChI is InChI=1S/C12H14ClN3S/c1-9-3-10(6-14-5-9)8-17-12-15-7-11(4-13)16(12)2/h3,5-7H,4,8H2,1-2H3. The molecule has 0 aliphatic rings. The number of alkyl halides is 1. The van der Waals surface area contributed by atoms with Crippen molar-refractivity contribution in [3.05, 3.63) is 41.5 Å². The molecule has 90 valence electrons. The largest absolute Gasteiger partial charge is 0.325 e. The Balaban J connectivity index is 2.05. The predicted octanol–water partition coefficient (Wildman–Crippen LogP) is 3.15. The normalized spacial score (nSPS) is 10.8. The zero-order valence-corrected chi connectivity index (χ0v) is 11.4. The molecule has 0 radical (unpaired) electrons. The van der Waals surface area contributed by atoms with Crippen molar-refractivity contribution in [3.63, 3.8) is 0 Å². The van der Waals surface area contributed by atoms with Crippen molar-refractivity contribution >= 4 is 23.4 Å². The Morgan fingerprint density at radius 2 is 2.18 bits per heavy atom. The molecule has 0 aliphatic carbocycles. The molecule has 0 unspecified atom stereocenters. The molecule has 2 heterocycles. The van der Waals surface area contributed by atoms with Crippen LogP contribution in [0.15, 0.2) is 29.8 Å². The Labute approximate surface area is 110 Å². The van der Waals surface area contributed by atoms with Gasteiger partial charge in [-0.2, -0.15) is 0 Å². The van der Waals surface area contributed by atoms with Crippen LogP contribution in [0.5, 0.6) is 0 Å². The molecule has 0 aromatic carbocycles. The van der Waals surface area contributed by atoms with Gasteiger partial charge < -0.3 is 4.57 Å². The van der Waals surface area contributed by atoms with Gasteiger partial charge in [-0.05, 0) is 18.1 Å². The maximum Gasteiger partial charge on any atom is 0.168 e. The molecular weight excluding hydrogens is 254 g/mol. The number of aromatic nitrogens is 3. The van der Waals surface area contributed by atoms with Crippen LogP contribution in [0.3, 0.4) is 0 Å². The minimum atomic E-state index is 0.496. The van der Waals surface area contributed by atoms with Crippen molar-refractivity contribution in [1.82, 2.24) is 14.5 Å². The third-order valence-corrected chi connectivity index (χ3v) is 3.87. The average molecular weight is 268 g/mol. The van der Waals surface area contributed by atoms with E-state index in [1.54, 1.807) is 11.8 Å². The number of imidazole rings is 1. The van der Waals surface area contributed by atoms with E-state index in [-0.39, 0.29) is 0 Å². The minimum absolute atomic E-state index is 0.496. The van der Waals surface area contributed by atoms with Gasteiger partial charge >= 0.3 is 0 Å². The first-order valence-corrected chi connectivity index (χ1v) is 6.82. The summed E-state index contributed by atoms with van der Waals surface area (Å²) in [6.45, 7) is 2.05. The topological polar surface area (TPSA) is 30.7 Å². The fourth-order valence-electron chi connectivity index (χ4n) is 1.53. The second-order valence-corrected chi connectivity index (χ2v) is 5.09. The van der Waals surface area contributed by atoms with E-state index >= 15 is 0 Å². The Morgan fingerprint density at radius 3 is 2.82 bits per heavy atom. The Morgan fingerprint density at radius 1 is 1.35 bits per heavy atom. The molecule has 5 heteroatoms. The van der Waals surface area contributed by atoms with E-state index in [1.165, 1.54) is 11.1 Å². The molecule has 0 spiro atoms. The van der Waals surface area contributed by atoms with Crippen molar-refractivity contribution in [2.24, 2.45) is 7.05 Å². The second-order valence-electron chi connectivity index (χ2n) is 3.88. The summed E-state index contributed by atoms with van der Waals surface area (Å²) in [7, 11) is 1.99. The highest BCUT2D eigenvalue weighted by Crippen LogP contribution is 2.22. The molecule has 0 saturated heterocycles. The van der Waals surface area contributed by atoms with Crippen molar-refractivity contribution in [3.8, 4) is 0 Å². The maximum atomic E-state index is 5.80. The van der Waals surface area contributed by atoms with Crippen LogP contribution >= 0.6 is 23.4 Å². The lowest BCUT2D eigenvalue weighted by Crippen LogP contribution is -1.95. The number of thioether (sulfide) groups is 1. The fraction of sp³-hybridized carbons (Fsp3) is 0.333. The summed E-state index contributed by atoms with van der Waals surface area (Å²) < 4.78 is 2.03. The van der Waals surface area contributed by atoms with Gasteiger partial charge in [0.1, 0.15) is 0 Å². The third-order valence-electron chi connectivity index (χ3n) is 2.48. The highest BCUT2D eigenvalue weighted by molar-refractivity contribution is 7.98. The van der Waals surface area contributed by atoms with E-state index in [0.29, 0.717) is 5.88 Å². The first kappa shape index (κ1) is 12.5. The maximum absolute atomic E-state index is 5.80. The van der Waals surface area contributed by atoms with E-state index in [0.717, 1.165) is 16.6 Å². The lowest BCUT2D eigenvalue weighted by atomic mass is 10.2. The summed E-state index contributed by atoms with van der Waals surface area (Å²) >= 11 is 7.50. The van der Waals surface area contributed by atoms with Gasteiger partial charge in [0.15, 0.2) is 5.16 Å². The summed E-state index contributed by atoms with van der Waals surface area (Å²) in [5.41, 5.74) is 3.44. The first-order chi connectivity index (χ1) is 8.20. The molecule has 0 saturated carbocycles. The molecule has 0 N–H and O–H groups in total. The SMILES string of the molecule is Cc1cncc(CSc2ncc(CCl)n2C)c1. The van der Waals surface area contributed by atoms with Crippen molar-refractivity contribution in [2.75, 3.05) is 0 Å². The molecule has 3 nitrogen and oxygen atoms in total. The Bertz CT molecular complexity index is 510. The van der Waals surface area contributed by atoms with E-state index < -0.39 is 0 Å². The summed E-state index contributed by atoms with van der Waals surface area (Å²) in [6, 6.07) is 2.14. The van der Waals surface area contributed by atoms with Crippen LogP contribution in [0.25, 0.3) is 0 Å². The summed E-state index contributed by atoms with van der Waals surface area (Å²) in [6.07, 6.45) is 5.58. The van der Waals surface area contributed by atoms with Crippen molar-refractivity contribution in [2.45, 2.75) is 23.7 Å². The molecule has 0 fully saturated rings. The van der Waals surface area contributed by atoms with E-state index in [4.69, 9.17) is 11.6 Å². The number of rotatable bonds is 4. The molecule has 17 heavy (non-hydrogen) atoms. The van der Waals surface area contributed by atoms with E-state index in [1.807, 2.05) is 37.1 Å². The summed E-state index contributed by atoms with van der Waals surface area (Å²) in [5, 5.41) is 0.988. The van der Waals surface area contributed by atoms with Gasteiger partial charge in [0.2, 0.25) is 0 Å². The van der Waals surface area contributed by atoms with Gasteiger partial charge in [0.25, 0.3) is 0 Å². The Kier molecular flexibility index (Phi) is 4.07. The number of halogens is 1. The number of nitrogens with zero attached hydrogens (tertiary/aromatic N) is 3. The molecule has 2 aromatic heterocycles. The third kappa shape index (κ3) is 3.01. The van der Waals surface area contributed by atoms with Crippen LogP contribution in [0, 0.1) is 6.92 Å². The highest BCUT2D eigenvalue weighted by atomic mass is 35.5. The van der Waals surface area contributed by atoms with Crippen LogP contribution in [0.2, 0.25) is 0 Å². The van der Waals surface area contributed by atoms with Crippen LogP contribution in [0.4, 0.5) is 0 Å². The lowest BCUT2D eigenvalue weighted by molar-refractivity contribution is 0.761. The van der Waals surface area contributed by atoms with Crippen LogP contribution < -0.4 is 0 Å². The van der Waals surface area contributed by atoms with Gasteiger partial charge in [-0.3, -0.25) is 4.98 Å². The summed E-state index contributed by atoms with van der Waals surface area (Å²) in [5.74, 6) is 1.37. The second kappa shape index (κ2) is 5.56. The van der Waals surface area contributed by atoms with Gasteiger partial charge in [0, 0.05) is 25.2 Å². The van der Waals surface area contributed by atoms with Gasteiger partial charge in [-0.15, -0.1) is 11.6 Å². The van der Waals surface area contributed by atoms with E-state index in [2.05, 4.69) is 16.0 Å². The Hall–Kier alpha value is -1.00. The quantitative estimate of drug-likeness (QED) is 0.630. The predicted molar refractivity (Wildman–Crippen MR) is 71.3 cm³/mol. The molecule has 0 aliphatic heterocycles. The van der Waals surface area contributed by atoms with Gasteiger partial charge in [-0.1, -0.05) is 17.8 Å². The molecule has 2 rings (SSSR count). The molecule has 0 bridgehead atoms. The smallest absolute Gasteiger partial charge is 0.168 e. The molecule has 0 amide bonds. The summed E-state index contributed by atoms with van der Waals surface area (Å²) in [4.78, 5) is 8.52. The average Bonchev–Trinajstić information content (AvgIpc) is 2.67.